The Morgan fingerprint density at radius 1 is 1.25 bits per heavy atom. The molecule has 0 atom stereocenters. The van der Waals surface area contributed by atoms with Gasteiger partial charge in [-0.2, -0.15) is 0 Å². The molecule has 1 heterocycles. The van der Waals surface area contributed by atoms with Gasteiger partial charge >= 0.3 is 0 Å². The normalized spacial score (nSPS) is 16.8. The maximum atomic E-state index is 12.5. The Bertz CT molecular complexity index is 496. The van der Waals surface area contributed by atoms with Crippen LogP contribution in [0.3, 0.4) is 0 Å². The first-order valence-corrected chi connectivity index (χ1v) is 7.29. The molecule has 0 unspecified atom stereocenters. The van der Waals surface area contributed by atoms with Gasteiger partial charge in [-0.3, -0.25) is 4.79 Å². The van der Waals surface area contributed by atoms with E-state index in [2.05, 4.69) is 6.92 Å². The van der Waals surface area contributed by atoms with E-state index in [1.165, 1.54) is 12.8 Å². The summed E-state index contributed by atoms with van der Waals surface area (Å²) >= 11 is 0. The number of unbranched alkanes of at least 4 members (excludes halogenated alkanes) is 3. The van der Waals surface area contributed by atoms with Gasteiger partial charge in [-0.25, -0.2) is 0 Å². The summed E-state index contributed by atoms with van der Waals surface area (Å²) in [7, 11) is 0. The third-order valence-corrected chi connectivity index (χ3v) is 3.59. The van der Waals surface area contributed by atoms with E-state index in [-0.39, 0.29) is 11.7 Å². The molecule has 1 amide bonds. The number of phenolic OH excluding ortho intramolecular Hbond substituents is 1. The SMILES string of the molecule is CCCCCCN1C(=O)C(C)(C)Oc2ccc(O)cc21. The molecule has 1 aliphatic heterocycles. The van der Waals surface area contributed by atoms with E-state index in [9.17, 15) is 9.90 Å². The number of rotatable bonds is 5. The van der Waals surface area contributed by atoms with E-state index < -0.39 is 5.60 Å². The van der Waals surface area contributed by atoms with Gasteiger partial charge < -0.3 is 14.7 Å². The summed E-state index contributed by atoms with van der Waals surface area (Å²) in [6.07, 6.45) is 4.41. The van der Waals surface area contributed by atoms with E-state index in [0.29, 0.717) is 18.0 Å². The van der Waals surface area contributed by atoms with Crippen LogP contribution in [-0.2, 0) is 4.79 Å². The number of carbonyl (C=O) groups excluding carboxylic acids is 1. The van der Waals surface area contributed by atoms with Crippen LogP contribution in [0.1, 0.15) is 46.5 Å². The van der Waals surface area contributed by atoms with Gasteiger partial charge in [0.2, 0.25) is 0 Å². The standard InChI is InChI=1S/C16H23NO3/c1-4-5-6-7-10-17-13-11-12(18)8-9-14(13)20-16(2,3)15(17)19/h8-9,11,18H,4-7,10H2,1-3H3. The molecular formula is C16H23NO3. The topological polar surface area (TPSA) is 49.8 Å². The van der Waals surface area contributed by atoms with Gasteiger partial charge in [0.1, 0.15) is 11.5 Å². The number of ether oxygens (including phenoxy) is 1. The first-order valence-electron chi connectivity index (χ1n) is 7.29. The Balaban J connectivity index is 2.23. The lowest BCUT2D eigenvalue weighted by molar-refractivity contribution is -0.132. The highest BCUT2D eigenvalue weighted by Gasteiger charge is 2.40. The first kappa shape index (κ1) is 14.7. The molecule has 2 rings (SSSR count). The van der Waals surface area contributed by atoms with Crippen molar-refractivity contribution < 1.29 is 14.6 Å². The zero-order valence-electron chi connectivity index (χ0n) is 12.5. The van der Waals surface area contributed by atoms with Gasteiger partial charge in [0, 0.05) is 12.6 Å². The quantitative estimate of drug-likeness (QED) is 0.838. The highest BCUT2D eigenvalue weighted by molar-refractivity contribution is 6.02. The molecule has 0 bridgehead atoms. The predicted molar refractivity (Wildman–Crippen MR) is 79.3 cm³/mol. The molecule has 1 aromatic carbocycles. The Kier molecular flexibility index (Phi) is 4.21. The van der Waals surface area contributed by atoms with Crippen LogP contribution >= 0.6 is 0 Å². The maximum absolute atomic E-state index is 12.5. The van der Waals surface area contributed by atoms with E-state index in [1.807, 2.05) is 0 Å². The number of aromatic hydroxyl groups is 1. The summed E-state index contributed by atoms with van der Waals surface area (Å²) in [4.78, 5) is 14.2. The van der Waals surface area contributed by atoms with Crippen molar-refractivity contribution in [3.05, 3.63) is 18.2 Å². The molecule has 4 heteroatoms. The molecular weight excluding hydrogens is 254 g/mol. The molecule has 0 saturated carbocycles. The third-order valence-electron chi connectivity index (χ3n) is 3.59. The van der Waals surface area contributed by atoms with Gasteiger partial charge in [-0.15, -0.1) is 0 Å². The molecule has 0 fully saturated rings. The van der Waals surface area contributed by atoms with Gasteiger partial charge in [0.05, 0.1) is 5.69 Å². The van der Waals surface area contributed by atoms with Crippen LogP contribution in [0.2, 0.25) is 0 Å². The minimum Gasteiger partial charge on any atom is -0.508 e. The second kappa shape index (κ2) is 5.73. The Labute approximate surface area is 120 Å². The molecule has 0 radical (unpaired) electrons. The number of amides is 1. The first-order chi connectivity index (χ1) is 9.45. The zero-order chi connectivity index (χ0) is 14.8. The summed E-state index contributed by atoms with van der Waals surface area (Å²) < 4.78 is 5.74. The predicted octanol–water partition coefficient (Wildman–Crippen LogP) is 3.48. The number of hydrogen-bond acceptors (Lipinski definition) is 3. The number of phenols is 1. The molecule has 0 aliphatic carbocycles. The smallest absolute Gasteiger partial charge is 0.270 e. The molecule has 110 valence electrons. The molecule has 1 aromatic rings. The minimum absolute atomic E-state index is 0.0490. The second-order valence-electron chi connectivity index (χ2n) is 5.78. The minimum atomic E-state index is -0.852. The van der Waals surface area contributed by atoms with Crippen molar-refractivity contribution in [2.45, 2.75) is 52.1 Å². The van der Waals surface area contributed by atoms with E-state index in [4.69, 9.17) is 4.74 Å². The lowest BCUT2D eigenvalue weighted by atomic mass is 10.0. The van der Waals surface area contributed by atoms with E-state index in [0.717, 1.165) is 12.8 Å². The monoisotopic (exact) mass is 277 g/mol. The zero-order valence-corrected chi connectivity index (χ0v) is 12.5. The van der Waals surface area contributed by atoms with Crippen molar-refractivity contribution in [3.8, 4) is 11.5 Å². The summed E-state index contributed by atoms with van der Waals surface area (Å²) in [5.41, 5.74) is -0.180. The Morgan fingerprint density at radius 2 is 2.00 bits per heavy atom. The molecule has 1 aliphatic rings. The summed E-state index contributed by atoms with van der Waals surface area (Å²) in [6.45, 7) is 6.40. The van der Waals surface area contributed by atoms with Gasteiger partial charge in [-0.1, -0.05) is 26.2 Å². The van der Waals surface area contributed by atoms with Crippen molar-refractivity contribution in [1.29, 1.82) is 0 Å². The number of nitrogens with zero attached hydrogens (tertiary/aromatic N) is 1. The van der Waals surface area contributed by atoms with Crippen LogP contribution in [-0.4, -0.2) is 23.2 Å². The number of benzene rings is 1. The van der Waals surface area contributed by atoms with Crippen LogP contribution in [0.15, 0.2) is 18.2 Å². The van der Waals surface area contributed by atoms with Crippen LogP contribution < -0.4 is 9.64 Å². The number of fused-ring (bicyclic) bond motifs is 1. The number of hydrogen-bond donors (Lipinski definition) is 1. The molecule has 20 heavy (non-hydrogen) atoms. The Morgan fingerprint density at radius 3 is 2.70 bits per heavy atom. The van der Waals surface area contributed by atoms with Crippen LogP contribution in [0.5, 0.6) is 11.5 Å². The highest BCUT2D eigenvalue weighted by atomic mass is 16.5. The third kappa shape index (κ3) is 2.89. The fourth-order valence-electron chi connectivity index (χ4n) is 2.47. The average molecular weight is 277 g/mol. The van der Waals surface area contributed by atoms with Crippen LogP contribution in [0, 0.1) is 0 Å². The van der Waals surface area contributed by atoms with E-state index in [1.54, 1.807) is 36.9 Å². The van der Waals surface area contributed by atoms with Gasteiger partial charge in [0.25, 0.3) is 5.91 Å². The largest absolute Gasteiger partial charge is 0.508 e. The lowest BCUT2D eigenvalue weighted by Crippen LogP contribution is -2.52. The van der Waals surface area contributed by atoms with Crippen LogP contribution in [0.25, 0.3) is 0 Å². The van der Waals surface area contributed by atoms with Crippen molar-refractivity contribution in [2.75, 3.05) is 11.4 Å². The van der Waals surface area contributed by atoms with Crippen molar-refractivity contribution in [3.63, 3.8) is 0 Å². The van der Waals surface area contributed by atoms with Crippen molar-refractivity contribution in [2.24, 2.45) is 0 Å². The number of anilines is 1. The number of carbonyl (C=O) groups is 1. The fourth-order valence-corrected chi connectivity index (χ4v) is 2.47. The lowest BCUT2D eigenvalue weighted by Gasteiger charge is -2.38. The van der Waals surface area contributed by atoms with E-state index >= 15 is 0 Å². The maximum Gasteiger partial charge on any atom is 0.270 e. The van der Waals surface area contributed by atoms with Gasteiger partial charge in [0.15, 0.2) is 5.60 Å². The molecule has 1 N–H and O–H groups in total. The molecule has 4 nitrogen and oxygen atoms in total. The average Bonchev–Trinajstić information content (AvgIpc) is 2.39. The molecule has 0 saturated heterocycles. The van der Waals surface area contributed by atoms with Crippen molar-refractivity contribution >= 4 is 11.6 Å². The summed E-state index contributed by atoms with van der Waals surface area (Å²) in [5.74, 6) is 0.758. The summed E-state index contributed by atoms with van der Waals surface area (Å²) in [6, 6.07) is 4.90. The molecule has 0 spiro atoms. The Hall–Kier alpha value is -1.71. The highest BCUT2D eigenvalue weighted by Crippen LogP contribution is 2.39. The van der Waals surface area contributed by atoms with Crippen molar-refractivity contribution in [1.82, 2.24) is 0 Å². The van der Waals surface area contributed by atoms with Crippen LogP contribution in [0.4, 0.5) is 5.69 Å². The fraction of sp³-hybridized carbons (Fsp3) is 0.562. The summed E-state index contributed by atoms with van der Waals surface area (Å²) in [5, 5.41) is 9.64. The molecule has 0 aromatic heterocycles. The van der Waals surface area contributed by atoms with Gasteiger partial charge in [-0.05, 0) is 32.4 Å². The second-order valence-corrected chi connectivity index (χ2v) is 5.78.